The molecule has 0 bridgehead atoms. The van der Waals surface area contributed by atoms with Gasteiger partial charge in [-0.05, 0) is 38.1 Å². The SMILES string of the molecule is COC(=NCCN1CCCCC1)NC(=O)c1ccccc1F. The van der Waals surface area contributed by atoms with E-state index in [-0.39, 0.29) is 11.6 Å². The molecule has 22 heavy (non-hydrogen) atoms. The molecule has 0 aromatic heterocycles. The Balaban J connectivity index is 1.86. The first-order valence-electron chi connectivity index (χ1n) is 7.57. The van der Waals surface area contributed by atoms with Gasteiger partial charge in [-0.1, -0.05) is 18.6 Å². The Kier molecular flexibility index (Phi) is 6.33. The van der Waals surface area contributed by atoms with Crippen molar-refractivity contribution in [2.45, 2.75) is 19.3 Å². The lowest BCUT2D eigenvalue weighted by molar-refractivity contribution is 0.0964. The van der Waals surface area contributed by atoms with Crippen molar-refractivity contribution < 1.29 is 13.9 Å². The zero-order valence-electron chi connectivity index (χ0n) is 12.8. The van der Waals surface area contributed by atoms with Crippen molar-refractivity contribution in [2.24, 2.45) is 4.99 Å². The molecule has 1 heterocycles. The van der Waals surface area contributed by atoms with Gasteiger partial charge in [0.05, 0.1) is 19.2 Å². The minimum atomic E-state index is -0.566. The zero-order valence-corrected chi connectivity index (χ0v) is 12.8. The van der Waals surface area contributed by atoms with Crippen LogP contribution >= 0.6 is 0 Å². The number of likely N-dealkylation sites (tertiary alicyclic amines) is 1. The summed E-state index contributed by atoms with van der Waals surface area (Å²) in [6, 6.07) is 5.93. The molecule has 0 aliphatic carbocycles. The number of hydrogen-bond acceptors (Lipinski definition) is 4. The molecule has 1 amide bonds. The van der Waals surface area contributed by atoms with Crippen molar-refractivity contribution >= 4 is 11.9 Å². The fraction of sp³-hybridized carbons (Fsp3) is 0.500. The van der Waals surface area contributed by atoms with Crippen molar-refractivity contribution in [3.05, 3.63) is 35.6 Å². The quantitative estimate of drug-likeness (QED) is 0.684. The summed E-state index contributed by atoms with van der Waals surface area (Å²) in [4.78, 5) is 18.6. The summed E-state index contributed by atoms with van der Waals surface area (Å²) in [5, 5.41) is 2.49. The molecule has 1 aromatic rings. The minimum absolute atomic E-state index is 0.0247. The van der Waals surface area contributed by atoms with Crippen LogP contribution in [-0.2, 0) is 4.74 Å². The highest BCUT2D eigenvalue weighted by molar-refractivity contribution is 6.04. The van der Waals surface area contributed by atoms with E-state index in [4.69, 9.17) is 4.74 Å². The Morgan fingerprint density at radius 2 is 2.05 bits per heavy atom. The van der Waals surface area contributed by atoms with Crippen LogP contribution in [0.1, 0.15) is 29.6 Å². The summed E-state index contributed by atoms with van der Waals surface area (Å²) in [7, 11) is 1.43. The van der Waals surface area contributed by atoms with Crippen LogP contribution in [0.2, 0.25) is 0 Å². The first-order chi connectivity index (χ1) is 10.7. The highest BCUT2D eigenvalue weighted by Crippen LogP contribution is 2.08. The van der Waals surface area contributed by atoms with Crippen LogP contribution in [-0.4, -0.2) is 50.1 Å². The van der Waals surface area contributed by atoms with Crippen LogP contribution in [0.15, 0.2) is 29.3 Å². The molecule has 120 valence electrons. The Morgan fingerprint density at radius 3 is 2.73 bits per heavy atom. The molecule has 1 saturated heterocycles. The van der Waals surface area contributed by atoms with Crippen molar-refractivity contribution in [3.8, 4) is 0 Å². The number of methoxy groups -OCH3 is 1. The number of hydrogen-bond donors (Lipinski definition) is 1. The van der Waals surface area contributed by atoms with Crippen LogP contribution in [0.25, 0.3) is 0 Å². The number of carbonyl (C=O) groups is 1. The molecule has 2 rings (SSSR count). The average molecular weight is 307 g/mol. The van der Waals surface area contributed by atoms with Gasteiger partial charge in [0, 0.05) is 6.54 Å². The fourth-order valence-corrected chi connectivity index (χ4v) is 2.44. The van der Waals surface area contributed by atoms with Gasteiger partial charge in [-0.2, -0.15) is 0 Å². The Labute approximate surface area is 130 Å². The number of aliphatic imine (C=N–C) groups is 1. The lowest BCUT2D eigenvalue weighted by Gasteiger charge is -2.25. The Hall–Kier alpha value is -1.95. The minimum Gasteiger partial charge on any atom is -0.468 e. The van der Waals surface area contributed by atoms with Gasteiger partial charge < -0.3 is 9.64 Å². The molecular weight excluding hydrogens is 285 g/mol. The summed E-state index contributed by atoms with van der Waals surface area (Å²) >= 11 is 0. The highest BCUT2D eigenvalue weighted by Gasteiger charge is 2.13. The summed E-state index contributed by atoms with van der Waals surface area (Å²) in [6.45, 7) is 3.57. The van der Waals surface area contributed by atoms with Crippen molar-refractivity contribution in [3.63, 3.8) is 0 Å². The molecule has 1 aromatic carbocycles. The van der Waals surface area contributed by atoms with Gasteiger partial charge >= 0.3 is 0 Å². The van der Waals surface area contributed by atoms with Crippen molar-refractivity contribution in [1.29, 1.82) is 0 Å². The summed E-state index contributed by atoms with van der Waals surface area (Å²) in [5.41, 5.74) is -0.0247. The molecule has 0 saturated carbocycles. The van der Waals surface area contributed by atoms with E-state index in [0.717, 1.165) is 19.6 Å². The predicted octanol–water partition coefficient (Wildman–Crippen LogP) is 2.04. The number of piperidine rings is 1. The molecule has 0 radical (unpaired) electrons. The normalized spacial score (nSPS) is 16.4. The third-order valence-corrected chi connectivity index (χ3v) is 3.65. The van der Waals surface area contributed by atoms with Gasteiger partial charge in [0.25, 0.3) is 11.9 Å². The topological polar surface area (TPSA) is 53.9 Å². The third kappa shape index (κ3) is 4.80. The number of nitrogens with one attached hydrogen (secondary N) is 1. The molecule has 0 spiro atoms. The van der Waals surface area contributed by atoms with Gasteiger partial charge in [-0.3, -0.25) is 10.1 Å². The van der Waals surface area contributed by atoms with E-state index in [1.807, 2.05) is 0 Å². The van der Waals surface area contributed by atoms with Crippen molar-refractivity contribution in [1.82, 2.24) is 10.2 Å². The van der Waals surface area contributed by atoms with Crippen LogP contribution in [0, 0.1) is 5.82 Å². The van der Waals surface area contributed by atoms with Gasteiger partial charge in [-0.25, -0.2) is 9.38 Å². The molecule has 1 aliphatic heterocycles. The second-order valence-electron chi connectivity index (χ2n) is 5.23. The molecule has 5 nitrogen and oxygen atoms in total. The van der Waals surface area contributed by atoms with E-state index in [0.29, 0.717) is 6.54 Å². The number of rotatable bonds is 4. The molecule has 0 unspecified atom stereocenters. The summed E-state index contributed by atoms with van der Waals surface area (Å²) < 4.78 is 18.6. The maximum atomic E-state index is 13.5. The molecular formula is C16H22FN3O2. The van der Waals surface area contributed by atoms with E-state index >= 15 is 0 Å². The van der Waals surface area contributed by atoms with E-state index in [1.165, 1.54) is 44.6 Å². The third-order valence-electron chi connectivity index (χ3n) is 3.65. The van der Waals surface area contributed by atoms with Gasteiger partial charge in [0.1, 0.15) is 5.82 Å². The first kappa shape index (κ1) is 16.4. The lowest BCUT2D eigenvalue weighted by Crippen LogP contribution is -2.34. The van der Waals surface area contributed by atoms with E-state index in [2.05, 4.69) is 15.2 Å². The number of nitrogens with zero attached hydrogens (tertiary/aromatic N) is 2. The van der Waals surface area contributed by atoms with E-state index < -0.39 is 11.7 Å². The number of benzene rings is 1. The number of halogens is 1. The molecule has 1 aliphatic rings. The van der Waals surface area contributed by atoms with Crippen molar-refractivity contribution in [2.75, 3.05) is 33.3 Å². The van der Waals surface area contributed by atoms with Crippen LogP contribution in [0.3, 0.4) is 0 Å². The summed E-state index contributed by atoms with van der Waals surface area (Å²) in [5.74, 6) is -1.12. The molecule has 0 atom stereocenters. The monoisotopic (exact) mass is 307 g/mol. The van der Waals surface area contributed by atoms with Gasteiger partial charge in [0.15, 0.2) is 0 Å². The fourth-order valence-electron chi connectivity index (χ4n) is 2.44. The largest absolute Gasteiger partial charge is 0.468 e. The maximum absolute atomic E-state index is 13.5. The molecule has 6 heteroatoms. The smallest absolute Gasteiger partial charge is 0.291 e. The maximum Gasteiger partial charge on any atom is 0.291 e. The van der Waals surface area contributed by atoms with E-state index in [1.54, 1.807) is 6.07 Å². The second kappa shape index (κ2) is 8.48. The number of amides is 1. The first-order valence-corrected chi connectivity index (χ1v) is 7.57. The number of carbonyl (C=O) groups excluding carboxylic acids is 1. The predicted molar refractivity (Wildman–Crippen MR) is 83.5 cm³/mol. The van der Waals surface area contributed by atoms with Gasteiger partial charge in [-0.15, -0.1) is 0 Å². The van der Waals surface area contributed by atoms with E-state index in [9.17, 15) is 9.18 Å². The number of ether oxygens (including phenoxy) is 1. The lowest BCUT2D eigenvalue weighted by atomic mass is 10.1. The van der Waals surface area contributed by atoms with Crippen LogP contribution in [0.5, 0.6) is 0 Å². The highest BCUT2D eigenvalue weighted by atomic mass is 19.1. The van der Waals surface area contributed by atoms with Crippen LogP contribution < -0.4 is 5.32 Å². The molecule has 1 N–H and O–H groups in total. The number of amidine groups is 1. The Morgan fingerprint density at radius 1 is 1.32 bits per heavy atom. The zero-order chi connectivity index (χ0) is 15.8. The standard InChI is InChI=1S/C16H22FN3O2/c1-22-16(18-9-12-20-10-5-2-6-11-20)19-15(21)13-7-3-4-8-14(13)17/h3-4,7-8H,2,5-6,9-12H2,1H3,(H,18,19,21). The Bertz CT molecular complexity index is 528. The van der Waals surface area contributed by atoms with Crippen LogP contribution in [0.4, 0.5) is 4.39 Å². The van der Waals surface area contributed by atoms with Gasteiger partial charge in [0.2, 0.25) is 0 Å². The average Bonchev–Trinajstić information content (AvgIpc) is 2.55. The second-order valence-corrected chi connectivity index (χ2v) is 5.23. The summed E-state index contributed by atoms with van der Waals surface area (Å²) in [6.07, 6.45) is 3.75. The molecule has 1 fully saturated rings.